The lowest BCUT2D eigenvalue weighted by Crippen LogP contribution is -2.42. The van der Waals surface area contributed by atoms with Gasteiger partial charge >= 0.3 is 0 Å². The van der Waals surface area contributed by atoms with Gasteiger partial charge in [-0.2, -0.15) is 0 Å². The van der Waals surface area contributed by atoms with Crippen molar-refractivity contribution in [3.8, 4) is 5.75 Å². The molecule has 0 aliphatic carbocycles. The monoisotopic (exact) mass is 217 g/mol. The van der Waals surface area contributed by atoms with Crippen molar-refractivity contribution in [1.82, 2.24) is 5.32 Å². The molecule has 1 aliphatic rings. The molecule has 2 rings (SSSR count). The molecule has 0 aromatic heterocycles. The van der Waals surface area contributed by atoms with E-state index in [0.717, 1.165) is 23.3 Å². The minimum absolute atomic E-state index is 0.0415. The van der Waals surface area contributed by atoms with Crippen LogP contribution in [0.25, 0.3) is 0 Å². The van der Waals surface area contributed by atoms with Crippen LogP contribution in [-0.4, -0.2) is 18.6 Å². The summed E-state index contributed by atoms with van der Waals surface area (Å²) < 4.78 is 5.66. The molecule has 1 aromatic rings. The van der Waals surface area contributed by atoms with E-state index < -0.39 is 0 Å². The number of nitrogens with one attached hydrogen (secondary N) is 1. The van der Waals surface area contributed by atoms with Gasteiger partial charge in [0, 0.05) is 0 Å². The fourth-order valence-electron chi connectivity index (χ4n) is 1.94. The van der Waals surface area contributed by atoms with E-state index in [4.69, 9.17) is 4.74 Å². The number of ether oxygens (including phenoxy) is 1. The molecule has 1 N–H and O–H groups in total. The number of hydrogen-bond acceptors (Lipinski definition) is 2. The number of carbonyl (C=O) groups is 1. The Morgan fingerprint density at radius 2 is 2.44 bits per heavy atom. The highest BCUT2D eigenvalue weighted by Crippen LogP contribution is 2.28. The van der Waals surface area contributed by atoms with Gasteiger partial charge in [0.15, 0.2) is 0 Å². The molecular weight excluding hydrogens is 202 g/mol. The summed E-state index contributed by atoms with van der Waals surface area (Å²) in [5, 5.41) is 2.85. The van der Waals surface area contributed by atoms with E-state index in [1.54, 1.807) is 0 Å². The van der Waals surface area contributed by atoms with Crippen molar-refractivity contribution in [3.05, 3.63) is 42.0 Å². The first-order valence-corrected chi connectivity index (χ1v) is 5.35. The minimum Gasteiger partial charge on any atom is -0.491 e. The molecule has 16 heavy (non-hydrogen) atoms. The molecular formula is C13H15NO2. The number of hydrogen-bond donors (Lipinski definition) is 1. The largest absolute Gasteiger partial charge is 0.491 e. The summed E-state index contributed by atoms with van der Waals surface area (Å²) in [6.07, 6.45) is 2.10. The smallest absolute Gasteiger partial charge is 0.243 e. The number of aryl methyl sites for hydroxylation is 1. The van der Waals surface area contributed by atoms with Crippen LogP contribution in [0.1, 0.15) is 11.1 Å². The SMILES string of the molecule is C=CC(=O)NC1COc2c(C)cccc2C1. The number of rotatable bonds is 2. The van der Waals surface area contributed by atoms with E-state index in [0.29, 0.717) is 6.61 Å². The van der Waals surface area contributed by atoms with Crippen LogP contribution in [0.15, 0.2) is 30.9 Å². The Kier molecular flexibility index (Phi) is 2.95. The van der Waals surface area contributed by atoms with Crippen molar-refractivity contribution in [3.63, 3.8) is 0 Å². The fourth-order valence-corrected chi connectivity index (χ4v) is 1.94. The van der Waals surface area contributed by atoms with Gasteiger partial charge in [-0.05, 0) is 30.5 Å². The molecule has 1 atom stereocenters. The Morgan fingerprint density at radius 1 is 1.62 bits per heavy atom. The first-order valence-electron chi connectivity index (χ1n) is 5.35. The number of fused-ring (bicyclic) bond motifs is 1. The van der Waals surface area contributed by atoms with Crippen molar-refractivity contribution in [2.24, 2.45) is 0 Å². The first-order chi connectivity index (χ1) is 7.70. The molecule has 3 heteroatoms. The Morgan fingerprint density at radius 3 is 3.19 bits per heavy atom. The topological polar surface area (TPSA) is 38.3 Å². The summed E-state index contributed by atoms with van der Waals surface area (Å²) in [4.78, 5) is 11.2. The maximum absolute atomic E-state index is 11.2. The van der Waals surface area contributed by atoms with Gasteiger partial charge in [0.25, 0.3) is 0 Å². The summed E-state index contributed by atoms with van der Waals surface area (Å²) in [7, 11) is 0. The molecule has 84 valence electrons. The van der Waals surface area contributed by atoms with Crippen molar-refractivity contribution in [1.29, 1.82) is 0 Å². The van der Waals surface area contributed by atoms with Crippen LogP contribution in [0.4, 0.5) is 0 Å². The average Bonchev–Trinajstić information content (AvgIpc) is 2.29. The van der Waals surface area contributed by atoms with E-state index in [2.05, 4.69) is 11.9 Å². The predicted molar refractivity (Wildman–Crippen MR) is 62.5 cm³/mol. The van der Waals surface area contributed by atoms with Gasteiger partial charge in [-0.15, -0.1) is 0 Å². The Bertz CT molecular complexity index is 426. The highest BCUT2D eigenvalue weighted by molar-refractivity contribution is 5.87. The molecule has 0 saturated carbocycles. The van der Waals surface area contributed by atoms with E-state index in [9.17, 15) is 4.79 Å². The van der Waals surface area contributed by atoms with Gasteiger partial charge in [-0.3, -0.25) is 4.79 Å². The second-order valence-electron chi connectivity index (χ2n) is 3.99. The molecule has 1 heterocycles. The second-order valence-corrected chi connectivity index (χ2v) is 3.99. The van der Waals surface area contributed by atoms with Crippen LogP contribution >= 0.6 is 0 Å². The highest BCUT2D eigenvalue weighted by Gasteiger charge is 2.21. The average molecular weight is 217 g/mol. The van der Waals surface area contributed by atoms with Gasteiger partial charge in [0.05, 0.1) is 6.04 Å². The van der Waals surface area contributed by atoms with Crippen LogP contribution in [0.2, 0.25) is 0 Å². The maximum atomic E-state index is 11.2. The third-order valence-electron chi connectivity index (χ3n) is 2.72. The molecule has 1 aliphatic heterocycles. The molecule has 0 bridgehead atoms. The quantitative estimate of drug-likeness (QED) is 0.764. The third-order valence-corrected chi connectivity index (χ3v) is 2.72. The van der Waals surface area contributed by atoms with Gasteiger partial charge in [0.1, 0.15) is 12.4 Å². The zero-order valence-electron chi connectivity index (χ0n) is 9.32. The molecule has 1 amide bonds. The molecule has 0 saturated heterocycles. The third kappa shape index (κ3) is 2.08. The summed E-state index contributed by atoms with van der Waals surface area (Å²) >= 11 is 0. The zero-order valence-corrected chi connectivity index (χ0v) is 9.32. The van der Waals surface area contributed by atoms with Crippen LogP contribution in [-0.2, 0) is 11.2 Å². The van der Waals surface area contributed by atoms with E-state index >= 15 is 0 Å². The van der Waals surface area contributed by atoms with E-state index in [-0.39, 0.29) is 11.9 Å². The predicted octanol–water partition coefficient (Wildman–Crippen LogP) is 1.60. The van der Waals surface area contributed by atoms with Gasteiger partial charge in [-0.1, -0.05) is 24.8 Å². The molecule has 1 unspecified atom stereocenters. The van der Waals surface area contributed by atoms with Gasteiger partial charge in [-0.25, -0.2) is 0 Å². The maximum Gasteiger partial charge on any atom is 0.243 e. The lowest BCUT2D eigenvalue weighted by molar-refractivity contribution is -0.117. The Hall–Kier alpha value is -1.77. The summed E-state index contributed by atoms with van der Waals surface area (Å²) in [6, 6.07) is 6.12. The normalized spacial score (nSPS) is 18.2. The minimum atomic E-state index is -0.148. The molecule has 1 aromatic carbocycles. The lowest BCUT2D eigenvalue weighted by Gasteiger charge is -2.26. The van der Waals surface area contributed by atoms with Crippen LogP contribution in [0.3, 0.4) is 0 Å². The number of para-hydroxylation sites is 1. The Balaban J connectivity index is 2.12. The number of carbonyl (C=O) groups excluding carboxylic acids is 1. The van der Waals surface area contributed by atoms with Crippen LogP contribution < -0.4 is 10.1 Å². The highest BCUT2D eigenvalue weighted by atomic mass is 16.5. The zero-order chi connectivity index (χ0) is 11.5. The molecule has 0 radical (unpaired) electrons. The number of amides is 1. The van der Waals surface area contributed by atoms with E-state index in [1.807, 2.05) is 25.1 Å². The molecule has 0 fully saturated rings. The standard InChI is InChI=1S/C13H15NO2/c1-3-12(15)14-11-7-10-6-4-5-9(2)13(10)16-8-11/h3-6,11H,1,7-8H2,2H3,(H,14,15). The summed E-state index contributed by atoms with van der Waals surface area (Å²) in [6.45, 7) is 5.99. The second kappa shape index (κ2) is 4.39. The van der Waals surface area contributed by atoms with Crippen molar-refractivity contribution >= 4 is 5.91 Å². The van der Waals surface area contributed by atoms with Crippen LogP contribution in [0.5, 0.6) is 5.75 Å². The van der Waals surface area contributed by atoms with Crippen molar-refractivity contribution in [2.75, 3.05) is 6.61 Å². The van der Waals surface area contributed by atoms with Gasteiger partial charge in [0.2, 0.25) is 5.91 Å². The van der Waals surface area contributed by atoms with Crippen LogP contribution in [0, 0.1) is 6.92 Å². The molecule has 0 spiro atoms. The number of benzene rings is 1. The fraction of sp³-hybridized carbons (Fsp3) is 0.308. The first kappa shape index (κ1) is 10.7. The lowest BCUT2D eigenvalue weighted by atomic mass is 10.00. The summed E-state index contributed by atoms with van der Waals surface area (Å²) in [5.41, 5.74) is 2.30. The van der Waals surface area contributed by atoms with Crippen molar-refractivity contribution < 1.29 is 9.53 Å². The summed E-state index contributed by atoms with van der Waals surface area (Å²) in [5.74, 6) is 0.816. The van der Waals surface area contributed by atoms with E-state index in [1.165, 1.54) is 6.08 Å². The van der Waals surface area contributed by atoms with Gasteiger partial charge < -0.3 is 10.1 Å². The van der Waals surface area contributed by atoms with Crippen molar-refractivity contribution in [2.45, 2.75) is 19.4 Å². The Labute approximate surface area is 95.1 Å². The molecule has 3 nitrogen and oxygen atoms in total.